The summed E-state index contributed by atoms with van der Waals surface area (Å²) >= 11 is 0. The number of piperazine rings is 1. The molecule has 1 aliphatic heterocycles. The monoisotopic (exact) mass is 384 g/mol. The van der Waals surface area contributed by atoms with Gasteiger partial charge in [0.15, 0.2) is 0 Å². The Labute approximate surface area is 163 Å². The van der Waals surface area contributed by atoms with Gasteiger partial charge < -0.3 is 14.5 Å². The standard InChI is InChI=1S/C20H24N4O4/c1-3-28-20(27)23-10-8-22(9-11-23)19(26)13-24-14-21-17(12-18(24)25)16-6-4-15(2)5-7-16/h4-7,12,14H,3,8-11,13H2,1-2H3. The van der Waals surface area contributed by atoms with Gasteiger partial charge in [-0.15, -0.1) is 0 Å². The molecule has 0 bridgehead atoms. The Bertz CT molecular complexity index is 899. The number of ether oxygens (including phenoxy) is 1. The minimum absolute atomic E-state index is 0.0700. The van der Waals surface area contributed by atoms with Crippen LogP contribution in [0.4, 0.5) is 4.79 Å². The maximum absolute atomic E-state index is 12.5. The number of carbonyl (C=O) groups excluding carboxylic acids is 2. The molecule has 0 atom stereocenters. The van der Waals surface area contributed by atoms with E-state index in [9.17, 15) is 14.4 Å². The van der Waals surface area contributed by atoms with Crippen LogP contribution in [-0.4, -0.2) is 64.1 Å². The molecule has 2 heterocycles. The van der Waals surface area contributed by atoms with E-state index >= 15 is 0 Å². The van der Waals surface area contributed by atoms with Crippen molar-refractivity contribution in [1.82, 2.24) is 19.4 Å². The smallest absolute Gasteiger partial charge is 0.409 e. The first kappa shape index (κ1) is 19.6. The second kappa shape index (κ2) is 8.69. The lowest BCUT2D eigenvalue weighted by molar-refractivity contribution is -0.133. The van der Waals surface area contributed by atoms with E-state index in [-0.39, 0.29) is 24.1 Å². The summed E-state index contributed by atoms with van der Waals surface area (Å²) in [7, 11) is 0. The Hall–Kier alpha value is -3.16. The van der Waals surface area contributed by atoms with Gasteiger partial charge in [0.25, 0.3) is 5.56 Å². The molecule has 8 heteroatoms. The van der Waals surface area contributed by atoms with Crippen LogP contribution in [0.1, 0.15) is 12.5 Å². The molecule has 0 aliphatic carbocycles. The molecule has 0 radical (unpaired) electrons. The second-order valence-electron chi connectivity index (χ2n) is 6.67. The van der Waals surface area contributed by atoms with E-state index in [4.69, 9.17) is 4.74 Å². The Balaban J connectivity index is 1.61. The molecule has 0 spiro atoms. The van der Waals surface area contributed by atoms with Crippen LogP contribution in [-0.2, 0) is 16.1 Å². The molecular formula is C20H24N4O4. The van der Waals surface area contributed by atoms with E-state index in [1.165, 1.54) is 17.0 Å². The molecule has 0 saturated carbocycles. The van der Waals surface area contributed by atoms with Crippen LogP contribution in [0, 0.1) is 6.92 Å². The normalized spacial score (nSPS) is 14.1. The minimum atomic E-state index is -0.360. The predicted octanol–water partition coefficient (Wildman–Crippen LogP) is 1.52. The van der Waals surface area contributed by atoms with E-state index in [0.29, 0.717) is 38.5 Å². The van der Waals surface area contributed by atoms with Gasteiger partial charge in [-0.3, -0.25) is 14.2 Å². The number of rotatable bonds is 4. The molecule has 1 aliphatic rings. The first-order chi connectivity index (χ1) is 13.5. The zero-order valence-corrected chi connectivity index (χ0v) is 16.1. The fourth-order valence-corrected chi connectivity index (χ4v) is 3.03. The van der Waals surface area contributed by atoms with Gasteiger partial charge in [0.2, 0.25) is 5.91 Å². The molecule has 1 saturated heterocycles. The number of hydrogen-bond donors (Lipinski definition) is 0. The number of benzene rings is 1. The Morgan fingerprint density at radius 1 is 1.07 bits per heavy atom. The molecule has 8 nitrogen and oxygen atoms in total. The third-order valence-electron chi connectivity index (χ3n) is 4.69. The Morgan fingerprint density at radius 2 is 1.71 bits per heavy atom. The minimum Gasteiger partial charge on any atom is -0.450 e. The Morgan fingerprint density at radius 3 is 2.32 bits per heavy atom. The highest BCUT2D eigenvalue weighted by Gasteiger charge is 2.25. The SMILES string of the molecule is CCOC(=O)N1CCN(C(=O)Cn2cnc(-c3ccc(C)cc3)cc2=O)CC1. The highest BCUT2D eigenvalue weighted by atomic mass is 16.6. The van der Waals surface area contributed by atoms with Crippen LogP contribution in [0.2, 0.25) is 0 Å². The van der Waals surface area contributed by atoms with Gasteiger partial charge in [-0.1, -0.05) is 29.8 Å². The van der Waals surface area contributed by atoms with Crippen molar-refractivity contribution in [3.05, 3.63) is 52.6 Å². The lowest BCUT2D eigenvalue weighted by atomic mass is 10.1. The summed E-state index contributed by atoms with van der Waals surface area (Å²) in [5.74, 6) is -0.171. The summed E-state index contributed by atoms with van der Waals surface area (Å²) in [5, 5.41) is 0. The van der Waals surface area contributed by atoms with Crippen LogP contribution < -0.4 is 5.56 Å². The molecule has 28 heavy (non-hydrogen) atoms. The predicted molar refractivity (Wildman–Crippen MR) is 104 cm³/mol. The summed E-state index contributed by atoms with van der Waals surface area (Å²) in [4.78, 5) is 44.2. The van der Waals surface area contributed by atoms with Crippen LogP contribution in [0.15, 0.2) is 41.5 Å². The van der Waals surface area contributed by atoms with Gasteiger partial charge in [-0.25, -0.2) is 9.78 Å². The molecule has 2 aromatic rings. The maximum atomic E-state index is 12.5. The molecule has 1 aromatic heterocycles. The number of aromatic nitrogens is 2. The topological polar surface area (TPSA) is 84.7 Å². The van der Waals surface area contributed by atoms with Crippen molar-refractivity contribution in [2.45, 2.75) is 20.4 Å². The van der Waals surface area contributed by atoms with Crippen molar-refractivity contribution in [2.24, 2.45) is 0 Å². The van der Waals surface area contributed by atoms with Gasteiger partial charge in [0, 0.05) is 37.8 Å². The summed E-state index contributed by atoms with van der Waals surface area (Å²) in [6.45, 7) is 5.68. The van der Waals surface area contributed by atoms with Crippen molar-refractivity contribution in [3.63, 3.8) is 0 Å². The van der Waals surface area contributed by atoms with Crippen molar-refractivity contribution < 1.29 is 14.3 Å². The molecule has 1 fully saturated rings. The number of amides is 2. The van der Waals surface area contributed by atoms with Gasteiger partial charge in [-0.2, -0.15) is 0 Å². The van der Waals surface area contributed by atoms with Crippen molar-refractivity contribution in [3.8, 4) is 11.3 Å². The third-order valence-corrected chi connectivity index (χ3v) is 4.69. The summed E-state index contributed by atoms with van der Waals surface area (Å²) < 4.78 is 6.28. The third kappa shape index (κ3) is 4.57. The largest absolute Gasteiger partial charge is 0.450 e. The van der Waals surface area contributed by atoms with E-state index in [0.717, 1.165) is 11.1 Å². The molecule has 148 valence electrons. The van der Waals surface area contributed by atoms with Crippen molar-refractivity contribution in [1.29, 1.82) is 0 Å². The average molecular weight is 384 g/mol. The quantitative estimate of drug-likeness (QED) is 0.798. The number of hydrogen-bond acceptors (Lipinski definition) is 5. The molecule has 0 unspecified atom stereocenters. The molecule has 0 N–H and O–H groups in total. The fraction of sp³-hybridized carbons (Fsp3) is 0.400. The summed E-state index contributed by atoms with van der Waals surface area (Å²) in [5.41, 5.74) is 2.29. The first-order valence-electron chi connectivity index (χ1n) is 9.31. The zero-order valence-electron chi connectivity index (χ0n) is 16.1. The average Bonchev–Trinajstić information content (AvgIpc) is 2.70. The zero-order chi connectivity index (χ0) is 20.1. The van der Waals surface area contributed by atoms with E-state index < -0.39 is 0 Å². The van der Waals surface area contributed by atoms with E-state index in [2.05, 4.69) is 4.98 Å². The maximum Gasteiger partial charge on any atom is 0.409 e. The highest BCUT2D eigenvalue weighted by Crippen LogP contribution is 2.15. The fourth-order valence-electron chi connectivity index (χ4n) is 3.03. The van der Waals surface area contributed by atoms with Crippen LogP contribution in [0.5, 0.6) is 0 Å². The second-order valence-corrected chi connectivity index (χ2v) is 6.67. The Kier molecular flexibility index (Phi) is 6.08. The van der Waals surface area contributed by atoms with E-state index in [1.54, 1.807) is 16.7 Å². The van der Waals surface area contributed by atoms with Crippen molar-refractivity contribution >= 4 is 12.0 Å². The number of nitrogens with zero attached hydrogens (tertiary/aromatic N) is 4. The first-order valence-corrected chi connectivity index (χ1v) is 9.31. The number of carbonyl (C=O) groups is 2. The highest BCUT2D eigenvalue weighted by molar-refractivity contribution is 5.76. The van der Waals surface area contributed by atoms with Crippen LogP contribution in [0.25, 0.3) is 11.3 Å². The van der Waals surface area contributed by atoms with Gasteiger partial charge >= 0.3 is 6.09 Å². The van der Waals surface area contributed by atoms with Gasteiger partial charge in [0.1, 0.15) is 6.54 Å². The van der Waals surface area contributed by atoms with Crippen LogP contribution in [0.3, 0.4) is 0 Å². The molecule has 2 amide bonds. The lowest BCUT2D eigenvalue weighted by Gasteiger charge is -2.34. The molecule has 3 rings (SSSR count). The summed E-state index contributed by atoms with van der Waals surface area (Å²) in [6, 6.07) is 9.19. The van der Waals surface area contributed by atoms with Gasteiger partial charge in [0.05, 0.1) is 18.6 Å². The van der Waals surface area contributed by atoms with Crippen LogP contribution >= 0.6 is 0 Å². The lowest BCUT2D eigenvalue weighted by Crippen LogP contribution is -2.51. The van der Waals surface area contributed by atoms with E-state index in [1.807, 2.05) is 31.2 Å². The van der Waals surface area contributed by atoms with Gasteiger partial charge in [-0.05, 0) is 13.8 Å². The summed E-state index contributed by atoms with van der Waals surface area (Å²) in [6.07, 6.45) is 1.05. The molecular weight excluding hydrogens is 360 g/mol. The van der Waals surface area contributed by atoms with Crippen molar-refractivity contribution in [2.75, 3.05) is 32.8 Å². The number of aryl methyl sites for hydroxylation is 1. The molecule has 1 aromatic carbocycles.